The molecule has 21 heavy (non-hydrogen) atoms. The molecule has 0 aromatic heterocycles. The van der Waals surface area contributed by atoms with Crippen LogP contribution in [0.5, 0.6) is 0 Å². The average molecular weight is 295 g/mol. The Hall–Kier alpha value is -1.10. The van der Waals surface area contributed by atoms with Gasteiger partial charge in [0.25, 0.3) is 0 Å². The van der Waals surface area contributed by atoms with Crippen molar-refractivity contribution in [2.75, 3.05) is 20.3 Å². The maximum Gasteiger partial charge on any atom is 0.328 e. The molecule has 0 spiro atoms. The third-order valence-corrected chi connectivity index (χ3v) is 5.60. The lowest BCUT2D eigenvalue weighted by Crippen LogP contribution is -2.53. The van der Waals surface area contributed by atoms with Crippen molar-refractivity contribution in [2.45, 2.75) is 51.1 Å². The number of hydrogen-bond donors (Lipinski definition) is 0. The zero-order chi connectivity index (χ0) is 15.0. The molecular formula is C16H25NO4. The molecule has 0 saturated carbocycles. The SMILES string of the molecule is COC(=O)[C@@H]1C[C@@H](C)[C@H]2CC[C@H](C3CCOCC3)C(=O)N21. The van der Waals surface area contributed by atoms with Crippen LogP contribution in [0.1, 0.15) is 39.0 Å². The van der Waals surface area contributed by atoms with Gasteiger partial charge >= 0.3 is 5.97 Å². The van der Waals surface area contributed by atoms with Crippen molar-refractivity contribution in [1.29, 1.82) is 0 Å². The second-order valence-corrected chi connectivity index (χ2v) is 6.70. The smallest absolute Gasteiger partial charge is 0.328 e. The zero-order valence-electron chi connectivity index (χ0n) is 12.9. The van der Waals surface area contributed by atoms with Crippen LogP contribution in [0.25, 0.3) is 0 Å². The molecule has 118 valence electrons. The molecule has 0 radical (unpaired) electrons. The van der Waals surface area contributed by atoms with Crippen molar-refractivity contribution in [2.24, 2.45) is 17.8 Å². The predicted octanol–water partition coefficient (Wildman–Crippen LogP) is 1.60. The van der Waals surface area contributed by atoms with Crippen molar-refractivity contribution < 1.29 is 19.1 Å². The first-order valence-corrected chi connectivity index (χ1v) is 8.11. The summed E-state index contributed by atoms with van der Waals surface area (Å²) in [5.74, 6) is 0.793. The summed E-state index contributed by atoms with van der Waals surface area (Å²) in [4.78, 5) is 26.8. The molecule has 5 nitrogen and oxygen atoms in total. The van der Waals surface area contributed by atoms with Crippen LogP contribution in [0.2, 0.25) is 0 Å². The molecular weight excluding hydrogens is 270 g/mol. The van der Waals surface area contributed by atoms with E-state index in [-0.39, 0.29) is 29.9 Å². The predicted molar refractivity (Wildman–Crippen MR) is 76.5 cm³/mol. The third-order valence-electron chi connectivity index (χ3n) is 5.60. The Labute approximate surface area is 126 Å². The highest BCUT2D eigenvalue weighted by Gasteiger charge is 2.51. The molecule has 5 heteroatoms. The van der Waals surface area contributed by atoms with Gasteiger partial charge in [-0.3, -0.25) is 4.79 Å². The Kier molecular flexibility index (Phi) is 4.20. The standard InChI is InChI=1S/C16H25NO4/c1-10-9-14(16(19)20-2)17-13(10)4-3-12(15(17)18)11-5-7-21-8-6-11/h10-14H,3-9H2,1-2H3/t10-,12-,13-,14+/m1/s1. The Balaban J connectivity index is 1.78. The summed E-state index contributed by atoms with van der Waals surface area (Å²) in [5, 5.41) is 0. The van der Waals surface area contributed by atoms with Crippen LogP contribution >= 0.6 is 0 Å². The maximum absolute atomic E-state index is 13.0. The summed E-state index contributed by atoms with van der Waals surface area (Å²) in [6.07, 6.45) is 4.65. The van der Waals surface area contributed by atoms with Gasteiger partial charge in [-0.1, -0.05) is 6.92 Å². The van der Waals surface area contributed by atoms with E-state index in [4.69, 9.17) is 9.47 Å². The van der Waals surface area contributed by atoms with Gasteiger partial charge in [-0.05, 0) is 43.9 Å². The molecule has 0 aliphatic carbocycles. The number of hydrogen-bond acceptors (Lipinski definition) is 4. The van der Waals surface area contributed by atoms with E-state index < -0.39 is 0 Å². The number of carbonyl (C=O) groups excluding carboxylic acids is 2. The van der Waals surface area contributed by atoms with Gasteiger partial charge in [0.05, 0.1) is 7.11 Å². The number of fused-ring (bicyclic) bond motifs is 1. The van der Waals surface area contributed by atoms with E-state index in [2.05, 4.69) is 6.92 Å². The molecule has 3 aliphatic rings. The van der Waals surface area contributed by atoms with Crippen molar-refractivity contribution in [3.05, 3.63) is 0 Å². The summed E-state index contributed by atoms with van der Waals surface area (Å²) in [7, 11) is 1.41. The monoisotopic (exact) mass is 295 g/mol. The van der Waals surface area contributed by atoms with Gasteiger partial charge in [0.15, 0.2) is 0 Å². The number of carbonyl (C=O) groups is 2. The highest BCUT2D eigenvalue weighted by molar-refractivity contribution is 5.87. The molecule has 3 heterocycles. The van der Waals surface area contributed by atoms with Crippen LogP contribution in [-0.2, 0) is 19.1 Å². The average Bonchev–Trinajstić information content (AvgIpc) is 2.86. The lowest BCUT2D eigenvalue weighted by Gasteiger charge is -2.41. The summed E-state index contributed by atoms with van der Waals surface area (Å²) >= 11 is 0. The Morgan fingerprint density at radius 1 is 1.24 bits per heavy atom. The first-order valence-electron chi connectivity index (χ1n) is 8.11. The van der Waals surface area contributed by atoms with Gasteiger partial charge in [-0.25, -0.2) is 4.79 Å². The van der Waals surface area contributed by atoms with Crippen molar-refractivity contribution >= 4 is 11.9 Å². The highest BCUT2D eigenvalue weighted by Crippen LogP contribution is 2.42. The highest BCUT2D eigenvalue weighted by atomic mass is 16.5. The summed E-state index contributed by atoms with van der Waals surface area (Å²) in [6.45, 7) is 3.66. The fourth-order valence-corrected chi connectivity index (χ4v) is 4.44. The second-order valence-electron chi connectivity index (χ2n) is 6.70. The lowest BCUT2D eigenvalue weighted by atomic mass is 9.78. The van der Waals surface area contributed by atoms with E-state index in [0.29, 0.717) is 11.8 Å². The molecule has 3 rings (SSSR count). The minimum Gasteiger partial charge on any atom is -0.467 e. The van der Waals surface area contributed by atoms with Crippen LogP contribution < -0.4 is 0 Å². The normalized spacial score (nSPS) is 37.4. The van der Waals surface area contributed by atoms with Crippen molar-refractivity contribution in [3.8, 4) is 0 Å². The van der Waals surface area contributed by atoms with Crippen molar-refractivity contribution in [3.63, 3.8) is 0 Å². The van der Waals surface area contributed by atoms with Gasteiger partial charge in [-0.15, -0.1) is 0 Å². The topological polar surface area (TPSA) is 55.8 Å². The molecule has 0 bridgehead atoms. The summed E-state index contributed by atoms with van der Waals surface area (Å²) < 4.78 is 10.3. The minimum atomic E-state index is -0.370. The summed E-state index contributed by atoms with van der Waals surface area (Å²) in [6, 6.07) is -0.150. The number of piperidine rings is 1. The molecule has 0 aromatic rings. The second kappa shape index (κ2) is 5.95. The molecule has 0 unspecified atom stereocenters. The van der Waals surface area contributed by atoms with E-state index in [1.165, 1.54) is 7.11 Å². The number of ether oxygens (including phenoxy) is 2. The van der Waals surface area contributed by atoms with Crippen molar-refractivity contribution in [1.82, 2.24) is 4.90 Å². The first kappa shape index (κ1) is 14.8. The maximum atomic E-state index is 13.0. The van der Waals surface area contributed by atoms with Gasteiger partial charge in [0.1, 0.15) is 6.04 Å². The lowest BCUT2D eigenvalue weighted by molar-refractivity contribution is -0.158. The molecule has 3 saturated heterocycles. The fourth-order valence-electron chi connectivity index (χ4n) is 4.44. The third kappa shape index (κ3) is 2.56. The largest absolute Gasteiger partial charge is 0.467 e. The van der Waals surface area contributed by atoms with E-state index in [1.807, 2.05) is 4.90 Å². The van der Waals surface area contributed by atoms with Crippen LogP contribution in [0.3, 0.4) is 0 Å². The van der Waals surface area contributed by atoms with Gasteiger partial charge in [0.2, 0.25) is 5.91 Å². The molecule has 4 atom stereocenters. The number of nitrogens with zero attached hydrogens (tertiary/aromatic N) is 1. The number of methoxy groups -OCH3 is 1. The Morgan fingerprint density at radius 2 is 1.95 bits per heavy atom. The van der Waals surface area contributed by atoms with E-state index in [9.17, 15) is 9.59 Å². The van der Waals surface area contributed by atoms with E-state index >= 15 is 0 Å². The van der Waals surface area contributed by atoms with Gasteiger partial charge < -0.3 is 14.4 Å². The van der Waals surface area contributed by atoms with Crippen LogP contribution in [0, 0.1) is 17.8 Å². The van der Waals surface area contributed by atoms with Crippen LogP contribution in [0.15, 0.2) is 0 Å². The Bertz CT molecular complexity index is 419. The van der Waals surface area contributed by atoms with Crippen LogP contribution in [0.4, 0.5) is 0 Å². The van der Waals surface area contributed by atoms with Gasteiger partial charge in [-0.2, -0.15) is 0 Å². The molecule has 0 aromatic carbocycles. The van der Waals surface area contributed by atoms with E-state index in [1.54, 1.807) is 0 Å². The Morgan fingerprint density at radius 3 is 2.62 bits per heavy atom. The van der Waals surface area contributed by atoms with Crippen LogP contribution in [-0.4, -0.2) is 49.2 Å². The number of amides is 1. The quantitative estimate of drug-likeness (QED) is 0.726. The fraction of sp³-hybridized carbons (Fsp3) is 0.875. The summed E-state index contributed by atoms with van der Waals surface area (Å²) in [5.41, 5.74) is 0. The van der Waals surface area contributed by atoms with E-state index in [0.717, 1.165) is 45.3 Å². The number of esters is 1. The molecule has 3 aliphatic heterocycles. The van der Waals surface area contributed by atoms with Gasteiger partial charge in [0, 0.05) is 25.2 Å². The first-order chi connectivity index (χ1) is 10.1. The minimum absolute atomic E-state index is 0.0719. The number of rotatable bonds is 2. The molecule has 1 amide bonds. The molecule has 0 N–H and O–H groups in total. The molecule has 3 fully saturated rings. The zero-order valence-corrected chi connectivity index (χ0v) is 12.9.